The largest absolute Gasteiger partial charge is 0.305 e. The van der Waals surface area contributed by atoms with Gasteiger partial charge in [-0.1, -0.05) is 22.5 Å². The van der Waals surface area contributed by atoms with Crippen LogP contribution in [-0.2, 0) is 0 Å². The summed E-state index contributed by atoms with van der Waals surface area (Å²) in [5.74, 6) is 0. The highest BCUT2D eigenvalue weighted by Crippen LogP contribution is 2.07. The molecule has 0 aromatic carbocycles. The van der Waals surface area contributed by atoms with Gasteiger partial charge in [-0.15, -0.1) is 0 Å². The zero-order valence-corrected chi connectivity index (χ0v) is 9.31. The molecule has 0 spiro atoms. The number of nitrogens with zero attached hydrogens (tertiary/aromatic N) is 2. The molecule has 0 aromatic rings. The van der Waals surface area contributed by atoms with Crippen molar-refractivity contribution < 1.29 is 0 Å². The third kappa shape index (κ3) is 3.70. The highest BCUT2D eigenvalue weighted by Gasteiger charge is 2.11. The zero-order valence-electron chi connectivity index (χ0n) is 7.72. The molecule has 0 atom stereocenters. The van der Waals surface area contributed by atoms with Crippen molar-refractivity contribution in [2.75, 3.05) is 39.8 Å². The van der Waals surface area contributed by atoms with Crippen molar-refractivity contribution in [2.45, 2.75) is 6.42 Å². The van der Waals surface area contributed by atoms with Gasteiger partial charge in [0.15, 0.2) is 0 Å². The van der Waals surface area contributed by atoms with E-state index in [2.05, 4.69) is 39.4 Å². The van der Waals surface area contributed by atoms with Gasteiger partial charge in [0.2, 0.25) is 0 Å². The van der Waals surface area contributed by atoms with Gasteiger partial charge >= 0.3 is 0 Å². The first-order chi connectivity index (χ1) is 5.68. The maximum atomic E-state index is 3.86. The summed E-state index contributed by atoms with van der Waals surface area (Å²) in [6, 6.07) is 0. The molecule has 0 radical (unpaired) electrons. The van der Waals surface area contributed by atoms with E-state index in [9.17, 15) is 0 Å². The van der Waals surface area contributed by atoms with Gasteiger partial charge in [-0.3, -0.25) is 4.90 Å². The SMILES string of the molecule is C=C(Br)CN1CCCN(C)CC1. The first-order valence-electron chi connectivity index (χ1n) is 4.42. The molecule has 0 bridgehead atoms. The maximum Gasteiger partial charge on any atom is 0.0294 e. The number of halogens is 1. The molecular weight excluding hydrogens is 216 g/mol. The van der Waals surface area contributed by atoms with E-state index >= 15 is 0 Å². The smallest absolute Gasteiger partial charge is 0.0294 e. The van der Waals surface area contributed by atoms with Gasteiger partial charge in [-0.2, -0.15) is 0 Å². The van der Waals surface area contributed by atoms with E-state index in [-0.39, 0.29) is 0 Å². The molecular formula is C9H17BrN2. The predicted octanol–water partition coefficient (Wildman–Crippen LogP) is 1.53. The second-order valence-electron chi connectivity index (χ2n) is 3.45. The lowest BCUT2D eigenvalue weighted by Crippen LogP contribution is -2.29. The fraction of sp³-hybridized carbons (Fsp3) is 0.778. The van der Waals surface area contributed by atoms with Crippen molar-refractivity contribution in [3.63, 3.8) is 0 Å². The topological polar surface area (TPSA) is 6.48 Å². The third-order valence-corrected chi connectivity index (χ3v) is 2.46. The van der Waals surface area contributed by atoms with E-state index < -0.39 is 0 Å². The van der Waals surface area contributed by atoms with Gasteiger partial charge in [0, 0.05) is 24.1 Å². The molecule has 0 aromatic heterocycles. The summed E-state index contributed by atoms with van der Waals surface area (Å²) in [6.45, 7) is 9.63. The van der Waals surface area contributed by atoms with Crippen molar-refractivity contribution in [3.8, 4) is 0 Å². The van der Waals surface area contributed by atoms with Crippen LogP contribution in [-0.4, -0.2) is 49.6 Å². The standard InChI is InChI=1S/C9H17BrN2/c1-9(10)8-12-5-3-4-11(2)6-7-12/h1,3-8H2,2H3. The Morgan fingerprint density at radius 2 is 2.08 bits per heavy atom. The first kappa shape index (κ1) is 10.2. The average molecular weight is 233 g/mol. The number of hydrogen-bond donors (Lipinski definition) is 0. The molecule has 1 heterocycles. The molecule has 1 aliphatic rings. The van der Waals surface area contributed by atoms with Crippen LogP contribution < -0.4 is 0 Å². The highest BCUT2D eigenvalue weighted by atomic mass is 79.9. The maximum absolute atomic E-state index is 3.86. The van der Waals surface area contributed by atoms with E-state index in [0.29, 0.717) is 0 Å². The highest BCUT2D eigenvalue weighted by molar-refractivity contribution is 9.11. The Morgan fingerprint density at radius 3 is 2.75 bits per heavy atom. The molecule has 0 aliphatic carbocycles. The van der Waals surface area contributed by atoms with Gasteiger partial charge in [-0.25, -0.2) is 0 Å². The molecule has 0 saturated carbocycles. The lowest BCUT2D eigenvalue weighted by molar-refractivity contribution is 0.299. The van der Waals surface area contributed by atoms with Crippen molar-refractivity contribution in [1.29, 1.82) is 0 Å². The van der Waals surface area contributed by atoms with Crippen LogP contribution >= 0.6 is 15.9 Å². The second kappa shape index (κ2) is 5.00. The molecule has 1 fully saturated rings. The number of likely N-dealkylation sites (N-methyl/N-ethyl adjacent to an activating group) is 1. The minimum Gasteiger partial charge on any atom is -0.305 e. The van der Waals surface area contributed by atoms with Crippen molar-refractivity contribution in [3.05, 3.63) is 11.1 Å². The molecule has 12 heavy (non-hydrogen) atoms. The van der Waals surface area contributed by atoms with Crippen molar-refractivity contribution in [1.82, 2.24) is 9.80 Å². The van der Waals surface area contributed by atoms with Gasteiger partial charge < -0.3 is 4.90 Å². The number of hydrogen-bond acceptors (Lipinski definition) is 2. The summed E-state index contributed by atoms with van der Waals surface area (Å²) in [4.78, 5) is 4.83. The van der Waals surface area contributed by atoms with Gasteiger partial charge in [0.05, 0.1) is 0 Å². The molecule has 70 valence electrons. The normalized spacial score (nSPS) is 22.2. The third-order valence-electron chi connectivity index (χ3n) is 2.21. The van der Waals surface area contributed by atoms with Crippen LogP contribution in [0, 0.1) is 0 Å². The lowest BCUT2D eigenvalue weighted by Gasteiger charge is -2.18. The van der Waals surface area contributed by atoms with Gasteiger partial charge in [0.25, 0.3) is 0 Å². The predicted molar refractivity (Wildman–Crippen MR) is 56.6 cm³/mol. The minimum atomic E-state index is 0.994. The van der Waals surface area contributed by atoms with Crippen LogP contribution in [0.1, 0.15) is 6.42 Å². The fourth-order valence-electron chi connectivity index (χ4n) is 1.50. The summed E-state index contributed by atoms with van der Waals surface area (Å²) in [5, 5.41) is 0. The molecule has 1 aliphatic heterocycles. The Balaban J connectivity index is 2.30. The summed E-state index contributed by atoms with van der Waals surface area (Å²) in [6.07, 6.45) is 1.27. The molecule has 0 unspecified atom stereocenters. The Labute approximate surface area is 83.4 Å². The Hall–Kier alpha value is 0.140. The van der Waals surface area contributed by atoms with Gasteiger partial charge in [0.1, 0.15) is 0 Å². The van der Waals surface area contributed by atoms with E-state index in [0.717, 1.165) is 11.0 Å². The van der Waals surface area contributed by atoms with E-state index in [1.807, 2.05) is 0 Å². The van der Waals surface area contributed by atoms with E-state index in [1.165, 1.54) is 32.6 Å². The lowest BCUT2D eigenvalue weighted by atomic mass is 10.4. The average Bonchev–Trinajstić information content (AvgIpc) is 2.15. The Kier molecular flexibility index (Phi) is 4.26. The minimum absolute atomic E-state index is 0.994. The van der Waals surface area contributed by atoms with Crippen LogP contribution in [0.2, 0.25) is 0 Å². The molecule has 3 heteroatoms. The summed E-state index contributed by atoms with van der Waals surface area (Å²) >= 11 is 3.40. The monoisotopic (exact) mass is 232 g/mol. The summed E-state index contributed by atoms with van der Waals surface area (Å²) in [7, 11) is 2.19. The Bertz CT molecular complexity index is 159. The molecule has 0 N–H and O–H groups in total. The van der Waals surface area contributed by atoms with Crippen molar-refractivity contribution in [2.24, 2.45) is 0 Å². The van der Waals surface area contributed by atoms with Gasteiger partial charge in [-0.05, 0) is 26.6 Å². The summed E-state index contributed by atoms with van der Waals surface area (Å²) < 4.78 is 1.09. The second-order valence-corrected chi connectivity index (χ2v) is 4.57. The molecule has 1 saturated heterocycles. The van der Waals surface area contributed by atoms with E-state index in [1.54, 1.807) is 0 Å². The van der Waals surface area contributed by atoms with Crippen LogP contribution in [0.25, 0.3) is 0 Å². The van der Waals surface area contributed by atoms with Crippen LogP contribution in [0.3, 0.4) is 0 Å². The molecule has 0 amide bonds. The Morgan fingerprint density at radius 1 is 1.33 bits per heavy atom. The first-order valence-corrected chi connectivity index (χ1v) is 5.22. The number of rotatable bonds is 2. The molecule has 1 rings (SSSR count). The van der Waals surface area contributed by atoms with E-state index in [4.69, 9.17) is 0 Å². The quantitative estimate of drug-likeness (QED) is 0.713. The molecule has 2 nitrogen and oxygen atoms in total. The fourth-order valence-corrected chi connectivity index (χ4v) is 1.86. The van der Waals surface area contributed by atoms with Crippen LogP contribution in [0.4, 0.5) is 0 Å². The van der Waals surface area contributed by atoms with Crippen LogP contribution in [0.5, 0.6) is 0 Å². The van der Waals surface area contributed by atoms with Crippen molar-refractivity contribution >= 4 is 15.9 Å². The van der Waals surface area contributed by atoms with Crippen LogP contribution in [0.15, 0.2) is 11.1 Å². The summed E-state index contributed by atoms with van der Waals surface area (Å²) in [5.41, 5.74) is 0. The zero-order chi connectivity index (χ0) is 8.97.